The predicted molar refractivity (Wildman–Crippen MR) is 90.3 cm³/mol. The molecule has 1 aliphatic heterocycles. The van der Waals surface area contributed by atoms with Gasteiger partial charge in [0.15, 0.2) is 0 Å². The van der Waals surface area contributed by atoms with E-state index in [1.807, 2.05) is 0 Å². The van der Waals surface area contributed by atoms with Crippen LogP contribution < -0.4 is 5.32 Å². The number of carbonyl (C=O) groups excluding carboxylic acids is 1. The largest absolute Gasteiger partial charge is 0.379 e. The van der Waals surface area contributed by atoms with E-state index in [2.05, 4.69) is 10.3 Å². The number of benzene rings is 1. The number of aromatic nitrogens is 1. The molecule has 1 unspecified atom stereocenters. The molecule has 2 aromatic rings. The van der Waals surface area contributed by atoms with Crippen molar-refractivity contribution in [2.45, 2.75) is 12.5 Å². The highest BCUT2D eigenvalue weighted by Gasteiger charge is 2.28. The number of hydrogen-bond acceptors (Lipinski definition) is 5. The van der Waals surface area contributed by atoms with Crippen LogP contribution in [0.3, 0.4) is 0 Å². The van der Waals surface area contributed by atoms with Crippen LogP contribution in [-0.2, 0) is 0 Å². The van der Waals surface area contributed by atoms with Gasteiger partial charge in [-0.2, -0.15) is 0 Å². The number of amides is 1. The quantitative estimate of drug-likeness (QED) is 0.679. The first-order valence-corrected chi connectivity index (χ1v) is 7.83. The van der Waals surface area contributed by atoms with Crippen LogP contribution in [-0.4, -0.2) is 39.8 Å². The van der Waals surface area contributed by atoms with Gasteiger partial charge in [-0.05, 0) is 24.6 Å². The zero-order valence-electron chi connectivity index (χ0n) is 12.7. The van der Waals surface area contributed by atoms with Gasteiger partial charge in [0.1, 0.15) is 5.69 Å². The highest BCUT2D eigenvalue weighted by molar-refractivity contribution is 6.33. The third-order valence-corrected chi connectivity index (χ3v) is 4.20. The summed E-state index contributed by atoms with van der Waals surface area (Å²) in [5.41, 5.74) is 0.995. The molecule has 1 aromatic carbocycles. The van der Waals surface area contributed by atoms with Crippen LogP contribution in [0.4, 0.5) is 11.4 Å². The van der Waals surface area contributed by atoms with Crippen molar-refractivity contribution in [2.24, 2.45) is 0 Å². The lowest BCUT2D eigenvalue weighted by atomic mass is 10.2. The summed E-state index contributed by atoms with van der Waals surface area (Å²) in [6.07, 6.45) is 2.36. The number of likely N-dealkylation sites (tertiary alicyclic amines) is 1. The van der Waals surface area contributed by atoms with Crippen molar-refractivity contribution in [3.8, 4) is 0 Å². The number of nitrogens with zero attached hydrogens (tertiary/aromatic N) is 3. The van der Waals surface area contributed by atoms with Gasteiger partial charge in [-0.3, -0.25) is 19.9 Å². The molecule has 3 rings (SSSR count). The van der Waals surface area contributed by atoms with Gasteiger partial charge in [0, 0.05) is 37.5 Å². The summed E-state index contributed by atoms with van der Waals surface area (Å²) in [7, 11) is 0. The van der Waals surface area contributed by atoms with Crippen LogP contribution >= 0.6 is 11.6 Å². The van der Waals surface area contributed by atoms with E-state index in [0.717, 1.165) is 6.42 Å². The standard InChI is InChI=1S/C16H15ClN4O3/c17-13-9-12(21(23)24)4-5-14(13)19-11-6-8-20(10-11)16(22)15-3-1-2-7-18-15/h1-5,7,9,11,19H,6,8,10H2. The second kappa shape index (κ2) is 6.84. The zero-order valence-corrected chi connectivity index (χ0v) is 13.4. The minimum Gasteiger partial charge on any atom is -0.379 e. The van der Waals surface area contributed by atoms with Gasteiger partial charge in [0.05, 0.1) is 15.6 Å². The van der Waals surface area contributed by atoms with Crippen molar-refractivity contribution in [3.05, 3.63) is 63.4 Å². The fraction of sp³-hybridized carbons (Fsp3) is 0.250. The third kappa shape index (κ3) is 3.46. The minimum atomic E-state index is -0.488. The highest BCUT2D eigenvalue weighted by Crippen LogP contribution is 2.28. The average Bonchev–Trinajstić information content (AvgIpc) is 3.05. The van der Waals surface area contributed by atoms with E-state index in [1.54, 1.807) is 35.4 Å². The number of rotatable bonds is 4. The molecule has 2 heterocycles. The molecular formula is C16H15ClN4O3. The molecule has 24 heavy (non-hydrogen) atoms. The van der Waals surface area contributed by atoms with Gasteiger partial charge >= 0.3 is 0 Å². The molecule has 0 spiro atoms. The van der Waals surface area contributed by atoms with Crippen LogP contribution in [0.5, 0.6) is 0 Å². The summed E-state index contributed by atoms with van der Waals surface area (Å²) < 4.78 is 0. The molecule has 124 valence electrons. The van der Waals surface area contributed by atoms with Crippen molar-refractivity contribution >= 4 is 28.9 Å². The number of non-ortho nitro benzene ring substituents is 1. The lowest BCUT2D eigenvalue weighted by molar-refractivity contribution is -0.384. The fourth-order valence-corrected chi connectivity index (χ4v) is 2.90. The van der Waals surface area contributed by atoms with E-state index >= 15 is 0 Å². The average molecular weight is 347 g/mol. The van der Waals surface area contributed by atoms with Gasteiger partial charge in [0.2, 0.25) is 0 Å². The molecule has 1 fully saturated rings. The van der Waals surface area contributed by atoms with Crippen molar-refractivity contribution in [1.82, 2.24) is 9.88 Å². The second-order valence-electron chi connectivity index (χ2n) is 5.52. The summed E-state index contributed by atoms with van der Waals surface area (Å²) >= 11 is 6.09. The molecule has 0 radical (unpaired) electrons. The van der Waals surface area contributed by atoms with E-state index in [-0.39, 0.29) is 17.6 Å². The normalized spacial score (nSPS) is 16.9. The Kier molecular flexibility index (Phi) is 4.61. The molecular weight excluding hydrogens is 332 g/mol. The number of nitrogens with one attached hydrogen (secondary N) is 1. The molecule has 1 N–H and O–H groups in total. The maximum absolute atomic E-state index is 12.4. The Morgan fingerprint density at radius 2 is 2.21 bits per heavy atom. The highest BCUT2D eigenvalue weighted by atomic mass is 35.5. The number of carbonyl (C=O) groups is 1. The Balaban J connectivity index is 1.64. The number of pyridine rings is 1. The molecule has 8 heteroatoms. The van der Waals surface area contributed by atoms with Gasteiger partial charge in [-0.25, -0.2) is 0 Å². The predicted octanol–water partition coefficient (Wildman–Crippen LogP) is 2.97. The topological polar surface area (TPSA) is 88.4 Å². The van der Waals surface area contributed by atoms with Crippen LogP contribution in [0.25, 0.3) is 0 Å². The zero-order chi connectivity index (χ0) is 17.1. The van der Waals surface area contributed by atoms with Gasteiger partial charge in [0.25, 0.3) is 11.6 Å². The molecule has 1 amide bonds. The maximum atomic E-state index is 12.4. The Bertz CT molecular complexity index is 769. The molecule has 0 aliphatic carbocycles. The van der Waals surface area contributed by atoms with Crippen LogP contribution in [0.2, 0.25) is 5.02 Å². The van der Waals surface area contributed by atoms with Crippen molar-refractivity contribution in [3.63, 3.8) is 0 Å². The molecule has 1 atom stereocenters. The Hall–Kier alpha value is -2.67. The van der Waals surface area contributed by atoms with Crippen LogP contribution in [0.15, 0.2) is 42.6 Å². The first-order chi connectivity index (χ1) is 11.5. The number of anilines is 1. The lowest BCUT2D eigenvalue weighted by Gasteiger charge is -2.18. The molecule has 7 nitrogen and oxygen atoms in total. The number of hydrogen-bond donors (Lipinski definition) is 1. The van der Waals surface area contributed by atoms with Crippen LogP contribution in [0.1, 0.15) is 16.9 Å². The van der Waals surface area contributed by atoms with E-state index < -0.39 is 4.92 Å². The van der Waals surface area contributed by atoms with Crippen LogP contribution in [0, 0.1) is 10.1 Å². The Morgan fingerprint density at radius 1 is 1.38 bits per heavy atom. The Morgan fingerprint density at radius 3 is 2.88 bits per heavy atom. The summed E-state index contributed by atoms with van der Waals surface area (Å²) in [5.74, 6) is -0.102. The maximum Gasteiger partial charge on any atom is 0.272 e. The smallest absolute Gasteiger partial charge is 0.272 e. The lowest BCUT2D eigenvalue weighted by Crippen LogP contribution is -2.32. The van der Waals surface area contributed by atoms with Gasteiger partial charge < -0.3 is 10.2 Å². The summed E-state index contributed by atoms with van der Waals surface area (Å²) in [4.78, 5) is 28.4. The molecule has 1 aromatic heterocycles. The number of nitro benzene ring substituents is 1. The molecule has 1 saturated heterocycles. The van der Waals surface area contributed by atoms with Gasteiger partial charge in [-0.1, -0.05) is 17.7 Å². The fourth-order valence-electron chi connectivity index (χ4n) is 2.67. The van der Waals surface area contributed by atoms with Gasteiger partial charge in [-0.15, -0.1) is 0 Å². The van der Waals surface area contributed by atoms with E-state index in [9.17, 15) is 14.9 Å². The third-order valence-electron chi connectivity index (χ3n) is 3.88. The number of nitro groups is 1. The summed E-state index contributed by atoms with van der Waals surface area (Å²) in [6, 6.07) is 9.58. The first kappa shape index (κ1) is 16.2. The van der Waals surface area contributed by atoms with Crippen molar-refractivity contribution in [1.29, 1.82) is 0 Å². The summed E-state index contributed by atoms with van der Waals surface area (Å²) in [5, 5.41) is 14.3. The van der Waals surface area contributed by atoms with Crippen molar-refractivity contribution in [2.75, 3.05) is 18.4 Å². The van der Waals surface area contributed by atoms with E-state index in [0.29, 0.717) is 29.5 Å². The monoisotopic (exact) mass is 346 g/mol. The SMILES string of the molecule is O=C(c1ccccn1)N1CCC(Nc2ccc([N+](=O)[O-])cc2Cl)C1. The molecule has 1 aliphatic rings. The molecule has 0 bridgehead atoms. The molecule has 0 saturated carbocycles. The minimum absolute atomic E-state index is 0.0385. The Labute approximate surface area is 143 Å². The van der Waals surface area contributed by atoms with E-state index in [4.69, 9.17) is 11.6 Å². The summed E-state index contributed by atoms with van der Waals surface area (Å²) in [6.45, 7) is 1.15. The first-order valence-electron chi connectivity index (χ1n) is 7.45. The van der Waals surface area contributed by atoms with E-state index in [1.165, 1.54) is 12.1 Å². The number of halogens is 1. The van der Waals surface area contributed by atoms with Crippen molar-refractivity contribution < 1.29 is 9.72 Å². The second-order valence-corrected chi connectivity index (χ2v) is 5.92.